The number of halogens is 3. The van der Waals surface area contributed by atoms with Crippen molar-refractivity contribution in [2.75, 3.05) is 5.32 Å². The number of anilines is 1. The summed E-state index contributed by atoms with van der Waals surface area (Å²) in [6.07, 6.45) is -3.91. The number of benzene rings is 1. The third kappa shape index (κ3) is 3.79. The van der Waals surface area contributed by atoms with Crippen LogP contribution in [-0.2, 0) is 31.0 Å². The first-order chi connectivity index (χ1) is 10.7. The number of rotatable bonds is 4. The summed E-state index contributed by atoms with van der Waals surface area (Å²) in [5.41, 5.74) is 0.569. The number of nitrogens with one attached hydrogen (secondary N) is 1. The topological polar surface area (TPSA) is 68.9 Å². The molecule has 23 heavy (non-hydrogen) atoms. The van der Waals surface area contributed by atoms with Crippen molar-refractivity contribution in [1.82, 2.24) is 14.3 Å². The lowest BCUT2D eigenvalue weighted by atomic mass is 10.1. The Hall–Kier alpha value is -2.58. The first-order valence-corrected chi connectivity index (χ1v) is 6.82. The largest absolute Gasteiger partial charge is 0.451 e. The van der Waals surface area contributed by atoms with Gasteiger partial charge in [0.1, 0.15) is 6.54 Å². The Kier molecular flexibility index (Phi) is 4.57. The van der Waals surface area contributed by atoms with Crippen molar-refractivity contribution in [2.24, 2.45) is 7.05 Å². The number of amides is 1. The van der Waals surface area contributed by atoms with E-state index in [2.05, 4.69) is 10.4 Å². The van der Waals surface area contributed by atoms with Gasteiger partial charge in [0.05, 0.1) is 0 Å². The molecule has 0 spiro atoms. The fraction of sp³-hybridized carbons (Fsp3) is 0.357. The molecule has 1 aromatic carbocycles. The van der Waals surface area contributed by atoms with Gasteiger partial charge in [0.15, 0.2) is 0 Å². The van der Waals surface area contributed by atoms with Crippen molar-refractivity contribution < 1.29 is 18.0 Å². The molecule has 2 aromatic rings. The van der Waals surface area contributed by atoms with Gasteiger partial charge in [0.25, 0.3) is 0 Å². The standard InChI is InChI=1S/C14H15F3N4O2/c1-3-9-4-6-10(7-5-9)18-11(22)8-21-13(23)20(2)12(19-21)14(15,16)17/h4-7H,3,8H2,1-2H3,(H,18,22). The van der Waals surface area contributed by atoms with E-state index in [1.54, 1.807) is 12.1 Å². The van der Waals surface area contributed by atoms with Crippen molar-refractivity contribution in [3.05, 3.63) is 46.1 Å². The first kappa shape index (κ1) is 16.8. The Labute approximate surface area is 129 Å². The minimum absolute atomic E-state index is 0.364. The van der Waals surface area contributed by atoms with Crippen LogP contribution in [0.2, 0.25) is 0 Å². The molecular weight excluding hydrogens is 313 g/mol. The molecule has 0 radical (unpaired) electrons. The highest BCUT2D eigenvalue weighted by Gasteiger charge is 2.38. The van der Waals surface area contributed by atoms with Crippen molar-refractivity contribution >= 4 is 11.6 Å². The monoisotopic (exact) mass is 328 g/mol. The second-order valence-electron chi connectivity index (χ2n) is 4.92. The van der Waals surface area contributed by atoms with Gasteiger partial charge in [-0.25, -0.2) is 9.48 Å². The van der Waals surface area contributed by atoms with Crippen LogP contribution in [0, 0.1) is 0 Å². The van der Waals surface area contributed by atoms with Crippen LogP contribution in [-0.4, -0.2) is 20.3 Å². The van der Waals surface area contributed by atoms with E-state index in [1.807, 2.05) is 19.1 Å². The van der Waals surface area contributed by atoms with Gasteiger partial charge in [0.2, 0.25) is 11.7 Å². The fourth-order valence-electron chi connectivity index (χ4n) is 2.00. The molecule has 1 amide bonds. The zero-order valence-corrected chi connectivity index (χ0v) is 12.5. The third-order valence-corrected chi connectivity index (χ3v) is 3.23. The average Bonchev–Trinajstić information content (AvgIpc) is 2.76. The molecule has 0 saturated heterocycles. The van der Waals surface area contributed by atoms with Crippen LogP contribution in [0.3, 0.4) is 0 Å². The maximum Gasteiger partial charge on any atom is 0.451 e. The van der Waals surface area contributed by atoms with E-state index in [1.165, 1.54) is 0 Å². The highest BCUT2D eigenvalue weighted by atomic mass is 19.4. The Bertz CT molecular complexity index is 760. The summed E-state index contributed by atoms with van der Waals surface area (Å²) in [6, 6.07) is 7.01. The van der Waals surface area contributed by atoms with E-state index in [9.17, 15) is 22.8 Å². The zero-order chi connectivity index (χ0) is 17.2. The molecule has 0 aliphatic rings. The smallest absolute Gasteiger partial charge is 0.324 e. The van der Waals surface area contributed by atoms with E-state index in [0.717, 1.165) is 19.0 Å². The van der Waals surface area contributed by atoms with Crippen molar-refractivity contribution in [3.8, 4) is 0 Å². The Balaban J connectivity index is 2.12. The molecule has 1 heterocycles. The number of hydrogen-bond donors (Lipinski definition) is 1. The van der Waals surface area contributed by atoms with Crippen molar-refractivity contribution in [1.29, 1.82) is 0 Å². The summed E-state index contributed by atoms with van der Waals surface area (Å²) in [5.74, 6) is -1.98. The Morgan fingerprint density at radius 1 is 1.26 bits per heavy atom. The molecule has 0 atom stereocenters. The summed E-state index contributed by atoms with van der Waals surface area (Å²) < 4.78 is 38.8. The lowest BCUT2D eigenvalue weighted by Gasteiger charge is -2.05. The molecule has 124 valence electrons. The number of carbonyl (C=O) groups is 1. The lowest BCUT2D eigenvalue weighted by Crippen LogP contribution is -2.29. The molecule has 0 fully saturated rings. The van der Waals surface area contributed by atoms with Crippen LogP contribution >= 0.6 is 0 Å². The van der Waals surface area contributed by atoms with Gasteiger partial charge in [0, 0.05) is 12.7 Å². The molecule has 6 nitrogen and oxygen atoms in total. The number of hydrogen-bond acceptors (Lipinski definition) is 3. The van der Waals surface area contributed by atoms with Gasteiger partial charge in [-0.3, -0.25) is 9.36 Å². The van der Waals surface area contributed by atoms with Crippen LogP contribution < -0.4 is 11.0 Å². The molecule has 9 heteroatoms. The molecule has 1 aromatic heterocycles. The van der Waals surface area contributed by atoms with E-state index in [0.29, 0.717) is 14.9 Å². The summed E-state index contributed by atoms with van der Waals surface area (Å²) in [4.78, 5) is 23.5. The van der Waals surface area contributed by atoms with Gasteiger partial charge < -0.3 is 5.32 Å². The van der Waals surface area contributed by atoms with E-state index in [-0.39, 0.29) is 0 Å². The molecular formula is C14H15F3N4O2. The second-order valence-corrected chi connectivity index (χ2v) is 4.92. The number of alkyl halides is 3. The molecule has 1 N–H and O–H groups in total. The quantitative estimate of drug-likeness (QED) is 0.930. The second kappa shape index (κ2) is 6.27. The van der Waals surface area contributed by atoms with E-state index >= 15 is 0 Å². The van der Waals surface area contributed by atoms with Crippen LogP contribution in [0.15, 0.2) is 29.1 Å². The van der Waals surface area contributed by atoms with Gasteiger partial charge >= 0.3 is 11.9 Å². The number of carbonyl (C=O) groups excluding carboxylic acids is 1. The molecule has 0 saturated carbocycles. The normalized spacial score (nSPS) is 11.5. The number of aryl methyl sites for hydroxylation is 1. The fourth-order valence-corrected chi connectivity index (χ4v) is 2.00. The Morgan fingerprint density at radius 3 is 2.35 bits per heavy atom. The first-order valence-electron chi connectivity index (χ1n) is 6.82. The minimum Gasteiger partial charge on any atom is -0.324 e. The predicted octanol–water partition coefficient (Wildman–Crippen LogP) is 1.80. The zero-order valence-electron chi connectivity index (χ0n) is 12.5. The maximum absolute atomic E-state index is 12.7. The van der Waals surface area contributed by atoms with Gasteiger partial charge in [-0.1, -0.05) is 19.1 Å². The molecule has 0 unspecified atom stereocenters. The minimum atomic E-state index is -4.76. The molecule has 0 bridgehead atoms. The summed E-state index contributed by atoms with van der Waals surface area (Å²) in [6.45, 7) is 1.39. The molecule has 0 aliphatic heterocycles. The van der Waals surface area contributed by atoms with Crippen LogP contribution in [0.4, 0.5) is 18.9 Å². The summed E-state index contributed by atoms with van der Waals surface area (Å²) in [5, 5.41) is 5.68. The van der Waals surface area contributed by atoms with Crippen molar-refractivity contribution in [3.63, 3.8) is 0 Å². The van der Waals surface area contributed by atoms with Crippen LogP contribution in [0.5, 0.6) is 0 Å². The predicted molar refractivity (Wildman–Crippen MR) is 76.9 cm³/mol. The van der Waals surface area contributed by atoms with Gasteiger partial charge in [-0.05, 0) is 24.1 Å². The van der Waals surface area contributed by atoms with E-state index < -0.39 is 30.1 Å². The van der Waals surface area contributed by atoms with Crippen LogP contribution in [0.25, 0.3) is 0 Å². The van der Waals surface area contributed by atoms with Crippen molar-refractivity contribution in [2.45, 2.75) is 26.1 Å². The summed E-state index contributed by atoms with van der Waals surface area (Å²) >= 11 is 0. The van der Waals surface area contributed by atoms with Gasteiger partial charge in [-0.2, -0.15) is 13.2 Å². The maximum atomic E-state index is 12.7. The molecule has 0 aliphatic carbocycles. The average molecular weight is 328 g/mol. The van der Waals surface area contributed by atoms with Crippen LogP contribution in [0.1, 0.15) is 18.3 Å². The highest BCUT2D eigenvalue weighted by Crippen LogP contribution is 2.25. The number of aromatic nitrogens is 3. The highest BCUT2D eigenvalue weighted by molar-refractivity contribution is 5.90. The number of nitrogens with zero attached hydrogens (tertiary/aromatic N) is 3. The lowest BCUT2D eigenvalue weighted by molar-refractivity contribution is -0.147. The molecule has 2 rings (SSSR count). The third-order valence-electron chi connectivity index (χ3n) is 3.23. The Morgan fingerprint density at radius 2 is 1.87 bits per heavy atom. The van der Waals surface area contributed by atoms with E-state index in [4.69, 9.17) is 0 Å². The van der Waals surface area contributed by atoms with Gasteiger partial charge in [-0.15, -0.1) is 5.10 Å². The SMILES string of the molecule is CCc1ccc(NC(=O)Cn2nc(C(F)(F)F)n(C)c2=O)cc1. The summed E-state index contributed by atoms with van der Waals surface area (Å²) in [7, 11) is 0.954.